The van der Waals surface area contributed by atoms with E-state index in [-0.39, 0.29) is 0 Å². The van der Waals surface area contributed by atoms with Crippen molar-refractivity contribution in [3.8, 4) is 6.07 Å². The Morgan fingerprint density at radius 2 is 2.00 bits per heavy atom. The summed E-state index contributed by atoms with van der Waals surface area (Å²) in [5.41, 5.74) is 0.854. The molecule has 0 aliphatic carbocycles. The van der Waals surface area contributed by atoms with E-state index in [4.69, 9.17) is 16.9 Å². The molecule has 1 atom stereocenters. The van der Waals surface area contributed by atoms with E-state index in [1.54, 1.807) is 0 Å². The van der Waals surface area contributed by atoms with Crippen LogP contribution >= 0.6 is 11.6 Å². The van der Waals surface area contributed by atoms with Gasteiger partial charge in [-0.25, -0.2) is 8.78 Å². The van der Waals surface area contributed by atoms with Crippen LogP contribution in [0.15, 0.2) is 24.3 Å². The van der Waals surface area contributed by atoms with Gasteiger partial charge in [0.15, 0.2) is 0 Å². The summed E-state index contributed by atoms with van der Waals surface area (Å²) < 4.78 is 24.0. The van der Waals surface area contributed by atoms with E-state index in [0.717, 1.165) is 0 Å². The lowest BCUT2D eigenvalue weighted by Crippen LogP contribution is -2.25. The molecule has 1 rings (SSSR count). The Morgan fingerprint density at radius 3 is 2.47 bits per heavy atom. The molecule has 1 amide bonds. The van der Waals surface area contributed by atoms with Crippen LogP contribution in [0.25, 0.3) is 0 Å². The van der Waals surface area contributed by atoms with Crippen LogP contribution < -0.4 is 5.32 Å². The number of halogens is 3. The number of nitrogens with one attached hydrogen (secondary N) is 1. The van der Waals surface area contributed by atoms with E-state index in [1.807, 2.05) is 6.07 Å². The average molecular weight is 259 g/mol. The second-order valence-electron chi connectivity index (χ2n) is 3.27. The molecule has 0 aromatic heterocycles. The number of hydrogen-bond donors (Lipinski definition) is 1. The van der Waals surface area contributed by atoms with E-state index in [9.17, 15) is 13.6 Å². The number of benzene rings is 1. The molecule has 0 spiro atoms. The SMILES string of the molecule is N#Cc1ccc(NC(=O)C(Cl)CC(F)F)cc1. The number of nitrogens with zero attached hydrogens (tertiary/aromatic N) is 1. The normalized spacial score (nSPS) is 11.9. The maximum absolute atomic E-state index is 12.0. The number of anilines is 1. The largest absolute Gasteiger partial charge is 0.325 e. The Morgan fingerprint density at radius 1 is 1.41 bits per heavy atom. The summed E-state index contributed by atoms with van der Waals surface area (Å²) >= 11 is 5.49. The Labute approximate surface area is 102 Å². The third-order valence-electron chi connectivity index (χ3n) is 1.95. The summed E-state index contributed by atoms with van der Waals surface area (Å²) in [4.78, 5) is 11.4. The van der Waals surface area contributed by atoms with Gasteiger partial charge in [0.05, 0.1) is 11.6 Å². The predicted molar refractivity (Wildman–Crippen MR) is 60.0 cm³/mol. The van der Waals surface area contributed by atoms with Crippen molar-refractivity contribution in [2.75, 3.05) is 5.32 Å². The fourth-order valence-corrected chi connectivity index (χ4v) is 1.30. The van der Waals surface area contributed by atoms with Crippen LogP contribution in [-0.4, -0.2) is 17.7 Å². The highest BCUT2D eigenvalue weighted by atomic mass is 35.5. The van der Waals surface area contributed by atoms with Gasteiger partial charge in [0.2, 0.25) is 12.3 Å². The lowest BCUT2D eigenvalue weighted by molar-refractivity contribution is -0.116. The monoisotopic (exact) mass is 258 g/mol. The van der Waals surface area contributed by atoms with Crippen molar-refractivity contribution in [3.63, 3.8) is 0 Å². The van der Waals surface area contributed by atoms with E-state index >= 15 is 0 Å². The minimum atomic E-state index is -2.62. The van der Waals surface area contributed by atoms with Gasteiger partial charge in [0.25, 0.3) is 0 Å². The van der Waals surface area contributed by atoms with Gasteiger partial charge in [0.1, 0.15) is 5.38 Å². The Bertz CT molecular complexity index is 428. The summed E-state index contributed by atoms with van der Waals surface area (Å²) in [6.45, 7) is 0. The van der Waals surface area contributed by atoms with Crippen molar-refractivity contribution in [2.24, 2.45) is 0 Å². The minimum absolute atomic E-state index is 0.411. The molecule has 3 nitrogen and oxygen atoms in total. The van der Waals surface area contributed by atoms with Crippen LogP contribution in [-0.2, 0) is 4.79 Å². The Hall–Kier alpha value is -1.67. The molecule has 0 aliphatic heterocycles. The molecule has 0 radical (unpaired) electrons. The van der Waals surface area contributed by atoms with Gasteiger partial charge < -0.3 is 5.32 Å². The Balaban J connectivity index is 2.59. The maximum Gasteiger partial charge on any atom is 0.242 e. The van der Waals surface area contributed by atoms with Crippen LogP contribution in [0, 0.1) is 11.3 Å². The lowest BCUT2D eigenvalue weighted by Gasteiger charge is -2.09. The van der Waals surface area contributed by atoms with E-state index in [1.165, 1.54) is 24.3 Å². The van der Waals surface area contributed by atoms with Crippen molar-refractivity contribution >= 4 is 23.2 Å². The Kier molecular flexibility index (Phi) is 4.85. The smallest absolute Gasteiger partial charge is 0.242 e. The van der Waals surface area contributed by atoms with Gasteiger partial charge >= 0.3 is 0 Å². The molecule has 1 aromatic rings. The van der Waals surface area contributed by atoms with Gasteiger partial charge in [-0.1, -0.05) is 0 Å². The van der Waals surface area contributed by atoms with E-state index in [2.05, 4.69) is 5.32 Å². The molecule has 1 unspecified atom stereocenters. The first kappa shape index (κ1) is 13.4. The second-order valence-corrected chi connectivity index (χ2v) is 3.80. The second kappa shape index (κ2) is 6.16. The van der Waals surface area contributed by atoms with Gasteiger partial charge in [-0.3, -0.25) is 4.79 Å². The van der Waals surface area contributed by atoms with Crippen molar-refractivity contribution in [2.45, 2.75) is 18.2 Å². The zero-order valence-corrected chi connectivity index (χ0v) is 9.42. The number of alkyl halides is 3. The third-order valence-corrected chi connectivity index (χ3v) is 2.33. The zero-order valence-electron chi connectivity index (χ0n) is 8.66. The first-order valence-corrected chi connectivity index (χ1v) is 5.20. The van der Waals surface area contributed by atoms with Gasteiger partial charge in [-0.05, 0) is 24.3 Å². The minimum Gasteiger partial charge on any atom is -0.325 e. The number of carbonyl (C=O) groups is 1. The molecular weight excluding hydrogens is 250 g/mol. The van der Waals surface area contributed by atoms with Gasteiger partial charge in [0, 0.05) is 12.1 Å². The molecule has 0 saturated heterocycles. The molecule has 0 bridgehead atoms. The predicted octanol–water partition coefficient (Wildman–Crippen LogP) is 2.76. The number of nitriles is 1. The molecule has 0 fully saturated rings. The molecule has 0 saturated carbocycles. The van der Waals surface area contributed by atoms with Gasteiger partial charge in [-0.2, -0.15) is 5.26 Å². The fraction of sp³-hybridized carbons (Fsp3) is 0.273. The summed E-state index contributed by atoms with van der Waals surface area (Å²) in [6.07, 6.45) is -3.31. The molecule has 17 heavy (non-hydrogen) atoms. The fourth-order valence-electron chi connectivity index (χ4n) is 1.11. The zero-order chi connectivity index (χ0) is 12.8. The standard InChI is InChI=1S/C11H9ClF2N2O/c12-9(5-10(13)14)11(17)16-8-3-1-7(6-15)2-4-8/h1-4,9-10H,5H2,(H,16,17). The van der Waals surface area contributed by atoms with Crippen LogP contribution in [0.2, 0.25) is 0 Å². The summed E-state index contributed by atoms with van der Waals surface area (Å²) in [6, 6.07) is 7.94. The number of carbonyl (C=O) groups excluding carboxylic acids is 1. The summed E-state index contributed by atoms with van der Waals surface area (Å²) in [5, 5.41) is 9.67. The molecule has 0 aliphatic rings. The quantitative estimate of drug-likeness (QED) is 0.845. The first-order valence-electron chi connectivity index (χ1n) is 4.76. The highest BCUT2D eigenvalue weighted by molar-refractivity contribution is 6.32. The first-order chi connectivity index (χ1) is 8.02. The number of hydrogen-bond acceptors (Lipinski definition) is 2. The third kappa shape index (κ3) is 4.37. The molecule has 6 heteroatoms. The highest BCUT2D eigenvalue weighted by Crippen LogP contribution is 2.14. The van der Waals surface area contributed by atoms with Crippen molar-refractivity contribution in [1.82, 2.24) is 0 Å². The van der Waals surface area contributed by atoms with Gasteiger partial charge in [-0.15, -0.1) is 11.6 Å². The maximum atomic E-state index is 12.0. The molecular formula is C11H9ClF2N2O. The van der Waals surface area contributed by atoms with E-state index < -0.39 is 24.1 Å². The number of amides is 1. The van der Waals surface area contributed by atoms with Crippen molar-refractivity contribution < 1.29 is 13.6 Å². The van der Waals surface area contributed by atoms with Crippen LogP contribution in [0.5, 0.6) is 0 Å². The molecule has 1 N–H and O–H groups in total. The number of rotatable bonds is 4. The summed E-state index contributed by atoms with van der Waals surface area (Å²) in [7, 11) is 0. The molecule has 1 aromatic carbocycles. The topological polar surface area (TPSA) is 52.9 Å². The van der Waals surface area contributed by atoms with Crippen molar-refractivity contribution in [1.29, 1.82) is 5.26 Å². The van der Waals surface area contributed by atoms with E-state index in [0.29, 0.717) is 11.3 Å². The highest BCUT2D eigenvalue weighted by Gasteiger charge is 2.20. The lowest BCUT2D eigenvalue weighted by atomic mass is 10.2. The molecule has 0 heterocycles. The van der Waals surface area contributed by atoms with Crippen LogP contribution in [0.1, 0.15) is 12.0 Å². The van der Waals surface area contributed by atoms with Crippen LogP contribution in [0.3, 0.4) is 0 Å². The summed E-state index contributed by atoms with van der Waals surface area (Å²) in [5.74, 6) is -0.684. The van der Waals surface area contributed by atoms with Crippen LogP contribution in [0.4, 0.5) is 14.5 Å². The average Bonchev–Trinajstić information content (AvgIpc) is 2.29. The molecule has 90 valence electrons. The van der Waals surface area contributed by atoms with Crippen molar-refractivity contribution in [3.05, 3.63) is 29.8 Å².